The number of nitrogens with two attached hydrogens (primary N) is 1. The van der Waals surface area contributed by atoms with Crippen molar-refractivity contribution in [3.05, 3.63) is 69.1 Å². The van der Waals surface area contributed by atoms with Crippen LogP contribution in [0.3, 0.4) is 0 Å². The van der Waals surface area contributed by atoms with Crippen LogP contribution in [0.2, 0.25) is 0 Å². The number of benzene rings is 2. The van der Waals surface area contributed by atoms with Crippen LogP contribution in [0.25, 0.3) is 10.6 Å². The predicted molar refractivity (Wildman–Crippen MR) is 90.3 cm³/mol. The number of nitrogens with zero attached hydrogens (tertiary/aromatic N) is 2. The van der Waals surface area contributed by atoms with Gasteiger partial charge in [-0.05, 0) is 30.2 Å². The molecule has 21 heavy (non-hydrogen) atoms. The van der Waals surface area contributed by atoms with Gasteiger partial charge in [0.25, 0.3) is 0 Å². The van der Waals surface area contributed by atoms with Crippen LogP contribution in [0.4, 0.5) is 0 Å². The zero-order chi connectivity index (χ0) is 14.8. The third kappa shape index (κ3) is 3.05. The Bertz CT molecular complexity index is 755. The largest absolute Gasteiger partial charge is 0.318 e. The Hall–Kier alpha value is -1.56. The zero-order valence-electron chi connectivity index (χ0n) is 11.5. The molecule has 0 aliphatic carbocycles. The molecule has 1 unspecified atom stereocenters. The summed E-state index contributed by atoms with van der Waals surface area (Å²) >= 11 is 5.02. The highest BCUT2D eigenvalue weighted by molar-refractivity contribution is 9.10. The summed E-state index contributed by atoms with van der Waals surface area (Å²) in [4.78, 5) is 0. The number of aromatic nitrogens is 2. The van der Waals surface area contributed by atoms with E-state index in [9.17, 15) is 0 Å². The number of hydrogen-bond donors (Lipinski definition) is 1. The van der Waals surface area contributed by atoms with Gasteiger partial charge in [0, 0.05) is 10.0 Å². The molecule has 5 heteroatoms. The van der Waals surface area contributed by atoms with Gasteiger partial charge < -0.3 is 5.73 Å². The van der Waals surface area contributed by atoms with Crippen molar-refractivity contribution >= 4 is 27.3 Å². The Kier molecular flexibility index (Phi) is 4.14. The second-order valence-corrected chi connectivity index (χ2v) is 6.72. The van der Waals surface area contributed by atoms with Crippen molar-refractivity contribution < 1.29 is 0 Å². The van der Waals surface area contributed by atoms with Gasteiger partial charge in [0.1, 0.15) is 10.0 Å². The Morgan fingerprint density at radius 2 is 1.86 bits per heavy atom. The van der Waals surface area contributed by atoms with Gasteiger partial charge in [-0.25, -0.2) is 0 Å². The number of hydrogen-bond acceptors (Lipinski definition) is 4. The summed E-state index contributed by atoms with van der Waals surface area (Å²) in [5.41, 5.74) is 9.59. The molecule has 0 spiro atoms. The topological polar surface area (TPSA) is 51.8 Å². The molecule has 1 atom stereocenters. The van der Waals surface area contributed by atoms with Crippen LogP contribution in [0, 0.1) is 6.92 Å². The minimum absolute atomic E-state index is 0.229. The van der Waals surface area contributed by atoms with Gasteiger partial charge in [-0.3, -0.25) is 0 Å². The van der Waals surface area contributed by atoms with Crippen LogP contribution in [-0.2, 0) is 0 Å². The molecule has 0 saturated carbocycles. The molecule has 1 heterocycles. The summed E-state index contributed by atoms with van der Waals surface area (Å²) in [5, 5.41) is 10.3. The molecule has 0 saturated heterocycles. The van der Waals surface area contributed by atoms with Crippen molar-refractivity contribution in [2.45, 2.75) is 13.0 Å². The van der Waals surface area contributed by atoms with Gasteiger partial charge in [-0.2, -0.15) is 0 Å². The Balaban J connectivity index is 1.93. The lowest BCUT2D eigenvalue weighted by Gasteiger charge is -2.07. The second-order valence-electron chi connectivity index (χ2n) is 4.79. The number of halogens is 1. The van der Waals surface area contributed by atoms with Crippen LogP contribution >= 0.6 is 27.3 Å². The van der Waals surface area contributed by atoms with E-state index in [4.69, 9.17) is 5.73 Å². The SMILES string of the molecule is Cc1cc(Br)ccc1-c1nnc(C(N)c2ccccc2)s1. The van der Waals surface area contributed by atoms with Gasteiger partial charge in [0.15, 0.2) is 0 Å². The summed E-state index contributed by atoms with van der Waals surface area (Å²) in [7, 11) is 0. The normalized spacial score (nSPS) is 12.3. The Morgan fingerprint density at radius 3 is 2.57 bits per heavy atom. The molecule has 0 aliphatic rings. The first-order valence-corrected chi connectivity index (χ1v) is 8.16. The van der Waals surface area contributed by atoms with E-state index in [1.54, 1.807) is 11.3 Å². The van der Waals surface area contributed by atoms with E-state index in [1.807, 2.05) is 36.4 Å². The van der Waals surface area contributed by atoms with E-state index in [1.165, 1.54) is 5.56 Å². The predicted octanol–water partition coefficient (Wildman–Crippen LogP) is 4.32. The highest BCUT2D eigenvalue weighted by Crippen LogP contribution is 2.31. The molecule has 0 radical (unpaired) electrons. The second kappa shape index (κ2) is 6.05. The zero-order valence-corrected chi connectivity index (χ0v) is 13.9. The fourth-order valence-electron chi connectivity index (χ4n) is 2.14. The van der Waals surface area contributed by atoms with Crippen molar-refractivity contribution in [2.75, 3.05) is 0 Å². The molecule has 2 N–H and O–H groups in total. The molecule has 0 amide bonds. The molecule has 3 nitrogen and oxygen atoms in total. The van der Waals surface area contributed by atoms with Crippen molar-refractivity contribution in [1.82, 2.24) is 10.2 Å². The van der Waals surface area contributed by atoms with Crippen molar-refractivity contribution in [3.8, 4) is 10.6 Å². The van der Waals surface area contributed by atoms with Crippen LogP contribution in [-0.4, -0.2) is 10.2 Å². The molecule has 1 aromatic heterocycles. The number of aryl methyl sites for hydroxylation is 1. The van der Waals surface area contributed by atoms with Crippen LogP contribution in [0.15, 0.2) is 53.0 Å². The first-order chi connectivity index (χ1) is 10.1. The highest BCUT2D eigenvalue weighted by atomic mass is 79.9. The maximum atomic E-state index is 6.27. The lowest BCUT2D eigenvalue weighted by Crippen LogP contribution is -2.11. The van der Waals surface area contributed by atoms with Crippen LogP contribution < -0.4 is 5.73 Å². The first-order valence-electron chi connectivity index (χ1n) is 6.55. The van der Waals surface area contributed by atoms with E-state index in [2.05, 4.69) is 45.2 Å². The number of rotatable bonds is 3. The van der Waals surface area contributed by atoms with Crippen molar-refractivity contribution in [1.29, 1.82) is 0 Å². The van der Waals surface area contributed by atoms with E-state index < -0.39 is 0 Å². The average Bonchev–Trinajstić information content (AvgIpc) is 2.97. The Morgan fingerprint density at radius 1 is 1.10 bits per heavy atom. The Labute approximate surface area is 136 Å². The maximum Gasteiger partial charge on any atom is 0.148 e. The van der Waals surface area contributed by atoms with Gasteiger partial charge >= 0.3 is 0 Å². The minimum Gasteiger partial charge on any atom is -0.318 e. The van der Waals surface area contributed by atoms with E-state index in [0.717, 1.165) is 25.6 Å². The molecule has 3 aromatic rings. The quantitative estimate of drug-likeness (QED) is 0.757. The van der Waals surface area contributed by atoms with E-state index in [0.29, 0.717) is 0 Å². The van der Waals surface area contributed by atoms with Gasteiger partial charge in [-0.15, -0.1) is 10.2 Å². The summed E-state index contributed by atoms with van der Waals surface area (Å²) < 4.78 is 1.06. The summed E-state index contributed by atoms with van der Waals surface area (Å²) in [6, 6.07) is 15.9. The summed E-state index contributed by atoms with van der Waals surface area (Å²) in [6.07, 6.45) is 0. The van der Waals surface area contributed by atoms with Crippen molar-refractivity contribution in [2.24, 2.45) is 5.73 Å². The van der Waals surface area contributed by atoms with Crippen LogP contribution in [0.1, 0.15) is 22.2 Å². The molecular weight excluding hydrogens is 346 g/mol. The smallest absolute Gasteiger partial charge is 0.148 e. The standard InChI is InChI=1S/C16H14BrN3S/c1-10-9-12(17)7-8-13(10)15-19-20-16(21-15)14(18)11-5-3-2-4-6-11/h2-9,14H,18H2,1H3. The molecule has 0 aliphatic heterocycles. The average molecular weight is 360 g/mol. The fraction of sp³-hybridized carbons (Fsp3) is 0.125. The third-order valence-corrected chi connectivity index (χ3v) is 4.82. The van der Waals surface area contributed by atoms with Gasteiger partial charge in [0.05, 0.1) is 6.04 Å². The van der Waals surface area contributed by atoms with E-state index in [-0.39, 0.29) is 6.04 Å². The van der Waals surface area contributed by atoms with Gasteiger partial charge in [0.2, 0.25) is 0 Å². The monoisotopic (exact) mass is 359 g/mol. The first kappa shape index (κ1) is 14.4. The van der Waals surface area contributed by atoms with Gasteiger partial charge in [-0.1, -0.05) is 63.7 Å². The lowest BCUT2D eigenvalue weighted by molar-refractivity contribution is 0.831. The molecule has 2 aromatic carbocycles. The fourth-order valence-corrected chi connectivity index (χ4v) is 3.58. The van der Waals surface area contributed by atoms with Crippen molar-refractivity contribution in [3.63, 3.8) is 0 Å². The molecule has 0 fully saturated rings. The molecule has 0 bridgehead atoms. The van der Waals surface area contributed by atoms with E-state index >= 15 is 0 Å². The lowest BCUT2D eigenvalue weighted by atomic mass is 10.1. The molecular formula is C16H14BrN3S. The summed E-state index contributed by atoms with van der Waals surface area (Å²) in [5.74, 6) is 0. The molecule has 3 rings (SSSR count). The molecule has 106 valence electrons. The summed E-state index contributed by atoms with van der Waals surface area (Å²) in [6.45, 7) is 2.07. The minimum atomic E-state index is -0.229. The maximum absolute atomic E-state index is 6.27. The third-order valence-electron chi connectivity index (χ3n) is 3.28. The highest BCUT2D eigenvalue weighted by Gasteiger charge is 2.16. The van der Waals surface area contributed by atoms with Crippen LogP contribution in [0.5, 0.6) is 0 Å².